The first kappa shape index (κ1) is 26.7. The number of rotatable bonds is 10. The minimum absolute atomic E-state index is 0.140. The Hall–Kier alpha value is -2.38. The molecule has 1 aromatic heterocycles. The standard InChI is InChI=1S/C28H40ClN5O2/c1-4-21-12-14-34(26(35)10-9-24-16-30-19-31-24)25(21)18-33-13-11-22(5-2)27(33)28(36)32(3)17-20-7-6-8-23(29)15-20/h6-8,15-16,19,21-22,25,27H,4-5,9-14,17-18H2,1-3H3,(H,30,31)/t21-,22-,25+,27?/m0/s1. The lowest BCUT2D eigenvalue weighted by Crippen LogP contribution is -2.52. The molecule has 4 atom stereocenters. The first-order chi connectivity index (χ1) is 17.4. The van der Waals surface area contributed by atoms with Crippen LogP contribution >= 0.6 is 11.6 Å². The molecule has 1 N–H and O–H groups in total. The fourth-order valence-corrected chi connectivity index (χ4v) is 6.34. The molecule has 2 saturated heterocycles. The Balaban J connectivity index is 1.45. The van der Waals surface area contributed by atoms with Gasteiger partial charge in [-0.05, 0) is 55.3 Å². The zero-order chi connectivity index (χ0) is 25.7. The summed E-state index contributed by atoms with van der Waals surface area (Å²) < 4.78 is 0. The third-order valence-corrected chi connectivity index (χ3v) is 8.44. The average Bonchev–Trinajstić information content (AvgIpc) is 3.62. The molecule has 0 aliphatic carbocycles. The second-order valence-corrected chi connectivity index (χ2v) is 10.8. The van der Waals surface area contributed by atoms with Crippen LogP contribution in [0.3, 0.4) is 0 Å². The van der Waals surface area contributed by atoms with E-state index in [2.05, 4.69) is 33.6 Å². The molecule has 196 valence electrons. The highest BCUT2D eigenvalue weighted by Crippen LogP contribution is 2.34. The van der Waals surface area contributed by atoms with Gasteiger partial charge in [-0.25, -0.2) is 4.98 Å². The summed E-state index contributed by atoms with van der Waals surface area (Å²) >= 11 is 6.17. The number of H-pyrrole nitrogens is 1. The summed E-state index contributed by atoms with van der Waals surface area (Å²) in [5.74, 6) is 1.19. The van der Waals surface area contributed by atoms with Gasteiger partial charge < -0.3 is 14.8 Å². The van der Waals surface area contributed by atoms with Crippen LogP contribution < -0.4 is 0 Å². The molecule has 0 radical (unpaired) electrons. The molecule has 2 aliphatic rings. The molecule has 0 spiro atoms. The van der Waals surface area contributed by atoms with E-state index in [0.717, 1.165) is 56.6 Å². The topological polar surface area (TPSA) is 72.5 Å². The van der Waals surface area contributed by atoms with Crippen LogP contribution in [0.2, 0.25) is 5.02 Å². The number of likely N-dealkylation sites (N-methyl/N-ethyl adjacent to an activating group) is 1. The Morgan fingerprint density at radius 3 is 2.64 bits per heavy atom. The lowest BCUT2D eigenvalue weighted by molar-refractivity contribution is -0.137. The summed E-state index contributed by atoms with van der Waals surface area (Å²) in [4.78, 5) is 40.5. The van der Waals surface area contributed by atoms with Crippen molar-refractivity contribution in [3.8, 4) is 0 Å². The fourth-order valence-electron chi connectivity index (χ4n) is 6.13. The molecule has 1 aromatic carbocycles. The van der Waals surface area contributed by atoms with Crippen molar-refractivity contribution in [1.82, 2.24) is 24.7 Å². The number of carbonyl (C=O) groups is 2. The number of nitrogens with one attached hydrogen (secondary N) is 1. The molecule has 0 bridgehead atoms. The molecule has 2 aliphatic heterocycles. The monoisotopic (exact) mass is 513 g/mol. The molecular formula is C28H40ClN5O2. The molecule has 3 heterocycles. The molecule has 2 aromatic rings. The van der Waals surface area contributed by atoms with Gasteiger partial charge in [-0.3, -0.25) is 14.5 Å². The van der Waals surface area contributed by atoms with Crippen molar-refractivity contribution in [2.75, 3.05) is 26.7 Å². The quantitative estimate of drug-likeness (QED) is 0.511. The van der Waals surface area contributed by atoms with Crippen LogP contribution in [0.4, 0.5) is 0 Å². The summed E-state index contributed by atoms with van der Waals surface area (Å²) in [6, 6.07) is 7.73. The molecule has 8 heteroatoms. The number of nitrogens with zero attached hydrogens (tertiary/aromatic N) is 4. The molecule has 4 rings (SSSR count). The Morgan fingerprint density at radius 2 is 1.94 bits per heavy atom. The summed E-state index contributed by atoms with van der Waals surface area (Å²) in [5, 5.41) is 0.686. The number of aryl methyl sites for hydroxylation is 1. The largest absolute Gasteiger partial charge is 0.348 e. The van der Waals surface area contributed by atoms with Gasteiger partial charge >= 0.3 is 0 Å². The second-order valence-electron chi connectivity index (χ2n) is 10.4. The van der Waals surface area contributed by atoms with E-state index in [0.29, 0.717) is 36.2 Å². The third-order valence-electron chi connectivity index (χ3n) is 8.20. The molecular weight excluding hydrogens is 474 g/mol. The van der Waals surface area contributed by atoms with Crippen LogP contribution in [-0.4, -0.2) is 75.2 Å². The number of carbonyl (C=O) groups excluding carboxylic acids is 2. The zero-order valence-corrected chi connectivity index (χ0v) is 22.6. The van der Waals surface area contributed by atoms with Crippen LogP contribution in [0.5, 0.6) is 0 Å². The molecule has 2 amide bonds. The maximum absolute atomic E-state index is 13.7. The normalized spacial score (nSPS) is 24.4. The van der Waals surface area contributed by atoms with Crippen LogP contribution in [0.15, 0.2) is 36.8 Å². The Labute approximate surface area is 220 Å². The number of likely N-dealkylation sites (tertiary alicyclic amines) is 2. The van der Waals surface area contributed by atoms with E-state index in [1.807, 2.05) is 36.2 Å². The van der Waals surface area contributed by atoms with E-state index in [4.69, 9.17) is 11.6 Å². The molecule has 36 heavy (non-hydrogen) atoms. The van der Waals surface area contributed by atoms with Gasteiger partial charge in [-0.1, -0.05) is 50.4 Å². The van der Waals surface area contributed by atoms with Gasteiger partial charge in [0.15, 0.2) is 0 Å². The first-order valence-corrected chi connectivity index (χ1v) is 13.8. The van der Waals surface area contributed by atoms with Gasteiger partial charge in [-0.15, -0.1) is 0 Å². The predicted octanol–water partition coefficient (Wildman–Crippen LogP) is 4.38. The molecule has 2 fully saturated rings. The van der Waals surface area contributed by atoms with E-state index in [1.165, 1.54) is 0 Å². The first-order valence-electron chi connectivity index (χ1n) is 13.4. The Morgan fingerprint density at radius 1 is 1.17 bits per heavy atom. The van der Waals surface area contributed by atoms with Gasteiger partial charge in [0.2, 0.25) is 11.8 Å². The number of amides is 2. The van der Waals surface area contributed by atoms with E-state index in [9.17, 15) is 9.59 Å². The minimum Gasteiger partial charge on any atom is -0.348 e. The SMILES string of the molecule is CC[C@H]1CCN(C[C@@H]2[C@@H](CC)CCN2C(=O)CCc2cnc[nH]2)C1C(=O)N(C)Cc1cccc(Cl)c1. The highest BCUT2D eigenvalue weighted by atomic mass is 35.5. The Kier molecular flexibility index (Phi) is 9.07. The number of hydrogen-bond acceptors (Lipinski definition) is 4. The van der Waals surface area contributed by atoms with E-state index in [-0.39, 0.29) is 23.9 Å². The average molecular weight is 514 g/mol. The summed E-state index contributed by atoms with van der Waals surface area (Å²) in [7, 11) is 1.89. The van der Waals surface area contributed by atoms with Crippen LogP contribution in [-0.2, 0) is 22.6 Å². The van der Waals surface area contributed by atoms with Crippen LogP contribution in [0, 0.1) is 11.8 Å². The third kappa shape index (κ3) is 6.12. The van der Waals surface area contributed by atoms with Crippen molar-refractivity contribution in [3.05, 3.63) is 53.1 Å². The number of aromatic nitrogens is 2. The second kappa shape index (κ2) is 12.2. The smallest absolute Gasteiger partial charge is 0.240 e. The van der Waals surface area contributed by atoms with Crippen molar-refractivity contribution in [1.29, 1.82) is 0 Å². The summed E-state index contributed by atoms with van der Waals surface area (Å²) in [6.45, 7) is 7.43. The summed E-state index contributed by atoms with van der Waals surface area (Å²) in [5.41, 5.74) is 2.02. The number of aromatic amines is 1. The number of benzene rings is 1. The molecule has 1 unspecified atom stereocenters. The minimum atomic E-state index is -0.140. The van der Waals surface area contributed by atoms with Crippen LogP contribution in [0.1, 0.15) is 57.2 Å². The summed E-state index contributed by atoms with van der Waals surface area (Å²) in [6.07, 6.45) is 8.69. The fraction of sp³-hybridized carbons (Fsp3) is 0.607. The van der Waals surface area contributed by atoms with Gasteiger partial charge in [0.25, 0.3) is 0 Å². The van der Waals surface area contributed by atoms with Gasteiger partial charge in [0.05, 0.1) is 12.4 Å². The van der Waals surface area contributed by atoms with E-state index >= 15 is 0 Å². The van der Waals surface area contributed by atoms with Crippen molar-refractivity contribution in [2.24, 2.45) is 11.8 Å². The highest BCUT2D eigenvalue weighted by Gasteiger charge is 2.44. The number of hydrogen-bond donors (Lipinski definition) is 1. The maximum atomic E-state index is 13.7. The zero-order valence-electron chi connectivity index (χ0n) is 21.8. The van der Waals surface area contributed by atoms with Crippen LogP contribution in [0.25, 0.3) is 0 Å². The van der Waals surface area contributed by atoms with Gasteiger partial charge in [0.1, 0.15) is 0 Å². The van der Waals surface area contributed by atoms with E-state index < -0.39 is 0 Å². The van der Waals surface area contributed by atoms with Crippen molar-refractivity contribution in [3.63, 3.8) is 0 Å². The van der Waals surface area contributed by atoms with Gasteiger partial charge in [0, 0.05) is 56.1 Å². The lowest BCUT2D eigenvalue weighted by atomic mass is 9.94. The molecule has 7 nitrogen and oxygen atoms in total. The maximum Gasteiger partial charge on any atom is 0.240 e. The highest BCUT2D eigenvalue weighted by molar-refractivity contribution is 6.30. The lowest BCUT2D eigenvalue weighted by Gasteiger charge is -2.36. The van der Waals surface area contributed by atoms with Crippen molar-refractivity contribution >= 4 is 23.4 Å². The van der Waals surface area contributed by atoms with Crippen molar-refractivity contribution in [2.45, 2.75) is 71.0 Å². The predicted molar refractivity (Wildman–Crippen MR) is 142 cm³/mol. The van der Waals surface area contributed by atoms with E-state index in [1.54, 1.807) is 12.5 Å². The number of halogens is 1. The van der Waals surface area contributed by atoms with Crippen molar-refractivity contribution < 1.29 is 9.59 Å². The number of imidazole rings is 1. The Bertz CT molecular complexity index is 1010. The molecule has 0 saturated carbocycles. The van der Waals surface area contributed by atoms with Gasteiger partial charge in [-0.2, -0.15) is 0 Å².